The van der Waals surface area contributed by atoms with Crippen LogP contribution in [0, 0.1) is 0 Å². The van der Waals surface area contributed by atoms with Crippen molar-refractivity contribution in [3.8, 4) is 5.75 Å². The van der Waals surface area contributed by atoms with E-state index >= 15 is 0 Å². The molecule has 2 aromatic carbocycles. The molecule has 3 rings (SSSR count). The Morgan fingerprint density at radius 1 is 1.16 bits per heavy atom. The fraction of sp³-hybridized carbons (Fsp3) is 0.167. The van der Waals surface area contributed by atoms with Crippen LogP contribution in [0.3, 0.4) is 0 Å². The van der Waals surface area contributed by atoms with Crippen LogP contribution in [-0.2, 0) is 17.6 Å². The zero-order valence-electron chi connectivity index (χ0n) is 13.5. The van der Waals surface area contributed by atoms with E-state index in [1.165, 1.54) is 11.3 Å². The van der Waals surface area contributed by atoms with Gasteiger partial charge in [-0.15, -0.1) is 10.2 Å². The van der Waals surface area contributed by atoms with Crippen LogP contribution in [0.4, 0.5) is 5.13 Å². The van der Waals surface area contributed by atoms with Gasteiger partial charge in [0.05, 0.1) is 13.5 Å². The molecule has 0 unspecified atom stereocenters. The number of nitrogens with one attached hydrogen (secondary N) is 1. The predicted molar refractivity (Wildman–Crippen MR) is 102 cm³/mol. The van der Waals surface area contributed by atoms with Crippen LogP contribution < -0.4 is 10.1 Å². The Kier molecular flexibility index (Phi) is 5.78. The van der Waals surface area contributed by atoms with E-state index in [1.54, 1.807) is 7.11 Å². The molecule has 0 aliphatic carbocycles. The zero-order chi connectivity index (χ0) is 17.6. The van der Waals surface area contributed by atoms with Crippen molar-refractivity contribution in [3.05, 3.63) is 69.1 Å². The smallest absolute Gasteiger partial charge is 0.230 e. The molecule has 0 aliphatic heterocycles. The zero-order valence-corrected chi connectivity index (χ0v) is 15.9. The Hall–Kier alpha value is -2.25. The van der Waals surface area contributed by atoms with Gasteiger partial charge in [-0.3, -0.25) is 4.79 Å². The Bertz CT molecular complexity index is 865. The molecule has 0 spiro atoms. The van der Waals surface area contributed by atoms with Crippen LogP contribution in [0.1, 0.15) is 16.1 Å². The number of hydrogen-bond donors (Lipinski definition) is 1. The van der Waals surface area contributed by atoms with Crippen molar-refractivity contribution in [2.45, 2.75) is 12.8 Å². The highest BCUT2D eigenvalue weighted by molar-refractivity contribution is 9.10. The molecule has 1 amide bonds. The topological polar surface area (TPSA) is 64.1 Å². The van der Waals surface area contributed by atoms with E-state index in [0.717, 1.165) is 26.4 Å². The maximum atomic E-state index is 12.1. The third-order valence-electron chi connectivity index (χ3n) is 3.53. The highest BCUT2D eigenvalue weighted by Crippen LogP contribution is 2.24. The lowest BCUT2D eigenvalue weighted by Gasteiger charge is -2.05. The second kappa shape index (κ2) is 8.22. The molecule has 0 atom stereocenters. The van der Waals surface area contributed by atoms with Crippen molar-refractivity contribution in [2.75, 3.05) is 12.4 Å². The predicted octanol–water partition coefficient (Wildman–Crippen LogP) is 4.08. The molecule has 1 N–H and O–H groups in total. The first-order chi connectivity index (χ1) is 12.1. The summed E-state index contributed by atoms with van der Waals surface area (Å²) in [5, 5.41) is 12.3. The molecule has 128 valence electrons. The van der Waals surface area contributed by atoms with Crippen LogP contribution in [0.2, 0.25) is 0 Å². The number of methoxy groups -OCH3 is 1. The van der Waals surface area contributed by atoms with Crippen LogP contribution in [-0.4, -0.2) is 23.2 Å². The molecule has 0 bridgehead atoms. The summed E-state index contributed by atoms with van der Waals surface area (Å²) < 4.78 is 6.33. The van der Waals surface area contributed by atoms with Gasteiger partial charge in [-0.1, -0.05) is 57.6 Å². The molecule has 3 aromatic rings. The molecule has 1 heterocycles. The number of rotatable bonds is 6. The van der Waals surface area contributed by atoms with Gasteiger partial charge in [0.2, 0.25) is 11.0 Å². The molecule has 25 heavy (non-hydrogen) atoms. The van der Waals surface area contributed by atoms with Gasteiger partial charge >= 0.3 is 0 Å². The van der Waals surface area contributed by atoms with E-state index in [9.17, 15) is 4.79 Å². The van der Waals surface area contributed by atoms with Crippen LogP contribution in [0.25, 0.3) is 0 Å². The molecule has 5 nitrogen and oxygen atoms in total. The lowest BCUT2D eigenvalue weighted by molar-refractivity contribution is -0.115. The monoisotopic (exact) mass is 417 g/mol. The van der Waals surface area contributed by atoms with Crippen molar-refractivity contribution >= 4 is 38.3 Å². The van der Waals surface area contributed by atoms with Crippen LogP contribution in [0.15, 0.2) is 53.0 Å². The average molecular weight is 418 g/mol. The number of anilines is 1. The summed E-state index contributed by atoms with van der Waals surface area (Å²) >= 11 is 4.75. The van der Waals surface area contributed by atoms with E-state index in [2.05, 4.69) is 31.4 Å². The van der Waals surface area contributed by atoms with Crippen molar-refractivity contribution in [1.29, 1.82) is 0 Å². The van der Waals surface area contributed by atoms with Crippen molar-refractivity contribution < 1.29 is 9.53 Å². The third-order valence-corrected chi connectivity index (χ3v) is 4.89. The first-order valence-electron chi connectivity index (χ1n) is 7.62. The van der Waals surface area contributed by atoms with Gasteiger partial charge < -0.3 is 10.1 Å². The Balaban J connectivity index is 1.61. The minimum absolute atomic E-state index is 0.109. The third kappa shape index (κ3) is 4.87. The highest BCUT2D eigenvalue weighted by Gasteiger charge is 2.11. The minimum atomic E-state index is -0.109. The quantitative estimate of drug-likeness (QED) is 0.655. The summed E-state index contributed by atoms with van der Waals surface area (Å²) in [6.45, 7) is 0. The molecule has 1 aromatic heterocycles. The molecular formula is C18H16BrN3O2S. The normalized spacial score (nSPS) is 10.5. The Morgan fingerprint density at radius 2 is 1.92 bits per heavy atom. The Labute approximate surface area is 158 Å². The van der Waals surface area contributed by atoms with Gasteiger partial charge in [0.1, 0.15) is 10.8 Å². The fourth-order valence-electron chi connectivity index (χ4n) is 2.34. The number of halogens is 1. The molecule has 0 saturated carbocycles. The second-order valence-corrected chi connectivity index (χ2v) is 7.32. The summed E-state index contributed by atoms with van der Waals surface area (Å²) in [7, 11) is 1.65. The minimum Gasteiger partial charge on any atom is -0.496 e. The maximum absolute atomic E-state index is 12.1. The first kappa shape index (κ1) is 17.6. The molecule has 0 radical (unpaired) electrons. The van der Waals surface area contributed by atoms with Gasteiger partial charge in [-0.2, -0.15) is 0 Å². The number of amides is 1. The van der Waals surface area contributed by atoms with Crippen molar-refractivity contribution in [2.24, 2.45) is 0 Å². The number of ether oxygens (including phenoxy) is 1. The van der Waals surface area contributed by atoms with E-state index in [0.29, 0.717) is 18.0 Å². The summed E-state index contributed by atoms with van der Waals surface area (Å²) in [6, 6.07) is 15.4. The Morgan fingerprint density at radius 3 is 2.68 bits per heavy atom. The standard InChI is InChI=1S/C18H16BrN3O2S/c1-24-15-5-3-2-4-13(15)11-17-21-22-18(25-17)20-16(23)10-12-6-8-14(19)9-7-12/h2-9H,10-11H2,1H3,(H,20,22,23). The molecule has 0 saturated heterocycles. The fourth-order valence-corrected chi connectivity index (χ4v) is 3.38. The highest BCUT2D eigenvalue weighted by atomic mass is 79.9. The lowest BCUT2D eigenvalue weighted by Crippen LogP contribution is -2.14. The van der Waals surface area contributed by atoms with E-state index in [4.69, 9.17) is 4.74 Å². The van der Waals surface area contributed by atoms with Gasteiger partial charge in [0.15, 0.2) is 0 Å². The SMILES string of the molecule is COc1ccccc1Cc1nnc(NC(=O)Cc2ccc(Br)cc2)s1. The molecule has 7 heteroatoms. The number of carbonyl (C=O) groups is 1. The molecular weight excluding hydrogens is 402 g/mol. The van der Waals surface area contributed by atoms with Gasteiger partial charge in [-0.05, 0) is 23.8 Å². The number of nitrogens with zero attached hydrogens (tertiary/aromatic N) is 2. The number of aromatic nitrogens is 2. The molecule has 0 fully saturated rings. The van der Waals surface area contributed by atoms with Crippen molar-refractivity contribution in [1.82, 2.24) is 10.2 Å². The number of para-hydroxylation sites is 1. The van der Waals surface area contributed by atoms with E-state index < -0.39 is 0 Å². The first-order valence-corrected chi connectivity index (χ1v) is 9.23. The summed E-state index contributed by atoms with van der Waals surface area (Å²) in [4.78, 5) is 12.1. The van der Waals surface area contributed by atoms with Gasteiger partial charge in [-0.25, -0.2) is 0 Å². The van der Waals surface area contributed by atoms with E-state index in [1.807, 2.05) is 48.5 Å². The second-order valence-electron chi connectivity index (χ2n) is 5.34. The lowest BCUT2D eigenvalue weighted by atomic mass is 10.1. The van der Waals surface area contributed by atoms with Crippen LogP contribution >= 0.6 is 27.3 Å². The maximum Gasteiger partial charge on any atom is 0.230 e. The summed E-state index contributed by atoms with van der Waals surface area (Å²) in [6.07, 6.45) is 0.916. The van der Waals surface area contributed by atoms with E-state index in [-0.39, 0.29) is 5.91 Å². The van der Waals surface area contributed by atoms with Crippen molar-refractivity contribution in [3.63, 3.8) is 0 Å². The van der Waals surface area contributed by atoms with Crippen LogP contribution in [0.5, 0.6) is 5.75 Å². The molecule has 0 aliphatic rings. The van der Waals surface area contributed by atoms with Gasteiger partial charge in [0, 0.05) is 16.5 Å². The number of benzene rings is 2. The average Bonchev–Trinajstić information content (AvgIpc) is 3.04. The number of hydrogen-bond acceptors (Lipinski definition) is 5. The summed E-state index contributed by atoms with van der Waals surface area (Å²) in [5.41, 5.74) is 1.98. The van der Waals surface area contributed by atoms with Gasteiger partial charge in [0.25, 0.3) is 0 Å². The number of carbonyl (C=O) groups excluding carboxylic acids is 1. The largest absolute Gasteiger partial charge is 0.496 e. The summed E-state index contributed by atoms with van der Waals surface area (Å²) in [5.74, 6) is 0.709.